The number of likely N-dealkylation sites (N-methyl/N-ethyl adjacent to an activating group) is 1. The molecular formula is C20H22ClN5O3S. The van der Waals surface area contributed by atoms with E-state index in [1.165, 1.54) is 17.3 Å². The lowest BCUT2D eigenvalue weighted by molar-refractivity contribution is -0.130. The van der Waals surface area contributed by atoms with Crippen LogP contribution in [0.5, 0.6) is 0 Å². The molecule has 0 spiro atoms. The van der Waals surface area contributed by atoms with E-state index in [0.29, 0.717) is 10.7 Å². The van der Waals surface area contributed by atoms with Gasteiger partial charge in [-0.15, -0.1) is 0 Å². The molecule has 0 aliphatic rings. The van der Waals surface area contributed by atoms with Crippen molar-refractivity contribution in [2.75, 3.05) is 24.2 Å². The molecule has 1 amide bonds. The molecule has 1 atom stereocenters. The Labute approximate surface area is 180 Å². The highest BCUT2D eigenvalue weighted by atomic mass is 35.5. The van der Waals surface area contributed by atoms with Gasteiger partial charge in [0.2, 0.25) is 15.9 Å². The van der Waals surface area contributed by atoms with Gasteiger partial charge in [-0.25, -0.2) is 18.1 Å². The van der Waals surface area contributed by atoms with E-state index < -0.39 is 10.0 Å². The van der Waals surface area contributed by atoms with Crippen LogP contribution in [0.2, 0.25) is 5.02 Å². The van der Waals surface area contributed by atoms with Crippen molar-refractivity contribution < 1.29 is 13.2 Å². The number of benzene rings is 2. The second-order valence-electron chi connectivity index (χ2n) is 6.86. The van der Waals surface area contributed by atoms with Crippen molar-refractivity contribution in [2.45, 2.75) is 13.0 Å². The minimum absolute atomic E-state index is 0.261. The summed E-state index contributed by atoms with van der Waals surface area (Å²) in [5.74, 6) is -0.340. The van der Waals surface area contributed by atoms with E-state index in [1.54, 1.807) is 36.3 Å². The molecule has 0 radical (unpaired) electrons. The van der Waals surface area contributed by atoms with Crippen molar-refractivity contribution in [2.24, 2.45) is 0 Å². The average Bonchev–Trinajstić information content (AvgIpc) is 3.25. The Morgan fingerprint density at radius 3 is 2.47 bits per heavy atom. The highest BCUT2D eigenvalue weighted by Gasteiger charge is 2.25. The molecular weight excluding hydrogens is 426 g/mol. The van der Waals surface area contributed by atoms with E-state index in [1.807, 2.05) is 31.2 Å². The smallest absolute Gasteiger partial charge is 0.243 e. The molecule has 1 heterocycles. The van der Waals surface area contributed by atoms with Crippen LogP contribution in [-0.2, 0) is 14.8 Å². The molecule has 0 fully saturated rings. The molecule has 30 heavy (non-hydrogen) atoms. The van der Waals surface area contributed by atoms with Gasteiger partial charge in [0.1, 0.15) is 19.2 Å². The molecule has 10 heteroatoms. The zero-order chi connectivity index (χ0) is 21.9. The molecule has 0 aliphatic carbocycles. The van der Waals surface area contributed by atoms with Gasteiger partial charge in [0.05, 0.1) is 23.7 Å². The molecule has 0 aliphatic heterocycles. The van der Waals surface area contributed by atoms with E-state index >= 15 is 0 Å². The van der Waals surface area contributed by atoms with E-state index in [4.69, 9.17) is 11.6 Å². The first-order valence-corrected chi connectivity index (χ1v) is 11.3. The number of anilines is 1. The minimum Gasteiger partial charge on any atom is -0.337 e. The second kappa shape index (κ2) is 8.85. The molecule has 0 unspecified atom stereocenters. The topological polar surface area (TPSA) is 88.4 Å². The van der Waals surface area contributed by atoms with Gasteiger partial charge in [-0.1, -0.05) is 29.8 Å². The number of nitrogens with zero attached hydrogens (tertiary/aromatic N) is 5. The third-order valence-corrected chi connectivity index (χ3v) is 6.18. The predicted molar refractivity (Wildman–Crippen MR) is 116 cm³/mol. The van der Waals surface area contributed by atoms with E-state index in [9.17, 15) is 13.2 Å². The SMILES string of the molecule is C[C@H](c1ccc(-n2cncn2)cc1)N(C)C(=O)CN(c1cccc(Cl)c1)S(C)(=O)=O. The summed E-state index contributed by atoms with van der Waals surface area (Å²) in [5, 5.41) is 4.48. The van der Waals surface area contributed by atoms with Crippen LogP contribution in [0.1, 0.15) is 18.5 Å². The Bertz CT molecular complexity index is 1120. The summed E-state index contributed by atoms with van der Waals surface area (Å²) in [6, 6.07) is 13.7. The van der Waals surface area contributed by atoms with Crippen molar-refractivity contribution in [3.05, 3.63) is 71.8 Å². The number of hydrogen-bond acceptors (Lipinski definition) is 5. The van der Waals surface area contributed by atoms with Crippen LogP contribution in [0.15, 0.2) is 61.2 Å². The van der Waals surface area contributed by atoms with Gasteiger partial charge in [-0.3, -0.25) is 9.10 Å². The van der Waals surface area contributed by atoms with E-state index in [0.717, 1.165) is 21.8 Å². The van der Waals surface area contributed by atoms with Gasteiger partial charge in [-0.05, 0) is 42.8 Å². The Balaban J connectivity index is 1.76. The van der Waals surface area contributed by atoms with Crippen LogP contribution >= 0.6 is 11.6 Å². The van der Waals surface area contributed by atoms with Crippen LogP contribution in [0, 0.1) is 0 Å². The zero-order valence-corrected chi connectivity index (χ0v) is 18.4. The lowest BCUT2D eigenvalue weighted by Crippen LogP contribution is -2.42. The third-order valence-electron chi connectivity index (χ3n) is 4.81. The lowest BCUT2D eigenvalue weighted by Gasteiger charge is -2.29. The lowest BCUT2D eigenvalue weighted by atomic mass is 10.1. The molecule has 3 rings (SSSR count). The second-order valence-corrected chi connectivity index (χ2v) is 9.20. The summed E-state index contributed by atoms with van der Waals surface area (Å²) < 4.78 is 27.3. The van der Waals surface area contributed by atoms with Gasteiger partial charge >= 0.3 is 0 Å². The number of halogens is 1. The molecule has 0 saturated carbocycles. The third kappa shape index (κ3) is 4.98. The summed E-state index contributed by atoms with van der Waals surface area (Å²) in [6.45, 7) is 1.56. The monoisotopic (exact) mass is 447 g/mol. The maximum Gasteiger partial charge on any atom is 0.243 e. The Morgan fingerprint density at radius 2 is 1.90 bits per heavy atom. The summed E-state index contributed by atoms with van der Waals surface area (Å²) in [4.78, 5) is 18.3. The van der Waals surface area contributed by atoms with E-state index in [-0.39, 0.29) is 18.5 Å². The number of aromatic nitrogens is 3. The van der Waals surface area contributed by atoms with Gasteiger partial charge in [0.15, 0.2) is 0 Å². The van der Waals surface area contributed by atoms with Crippen molar-refractivity contribution in [1.29, 1.82) is 0 Å². The van der Waals surface area contributed by atoms with E-state index in [2.05, 4.69) is 10.1 Å². The number of amides is 1. The standard InChI is InChI=1S/C20H22ClN5O3S/c1-15(16-7-9-18(10-8-16)25-14-22-13-23-25)24(2)20(27)12-26(30(3,28)29)19-6-4-5-17(21)11-19/h4-11,13-15H,12H2,1-3H3/t15-/m1/s1. The van der Waals surface area contributed by atoms with Crippen LogP contribution in [-0.4, -0.2) is 53.8 Å². The van der Waals surface area contributed by atoms with Crippen LogP contribution in [0.25, 0.3) is 5.69 Å². The molecule has 2 aromatic carbocycles. The average molecular weight is 448 g/mol. The highest BCUT2D eigenvalue weighted by Crippen LogP contribution is 2.24. The first kappa shape index (κ1) is 21.8. The normalized spacial score (nSPS) is 12.4. The fourth-order valence-corrected chi connectivity index (χ4v) is 3.98. The van der Waals surface area contributed by atoms with Crippen molar-refractivity contribution in [1.82, 2.24) is 19.7 Å². The minimum atomic E-state index is -3.67. The van der Waals surface area contributed by atoms with Crippen LogP contribution in [0.3, 0.4) is 0 Å². The van der Waals surface area contributed by atoms with Gasteiger partial charge in [-0.2, -0.15) is 5.10 Å². The van der Waals surface area contributed by atoms with Crippen LogP contribution in [0.4, 0.5) is 5.69 Å². The quantitative estimate of drug-likeness (QED) is 0.555. The molecule has 0 saturated heterocycles. The molecule has 1 aromatic heterocycles. The first-order chi connectivity index (χ1) is 14.2. The number of carbonyl (C=O) groups is 1. The fourth-order valence-electron chi connectivity index (χ4n) is 2.95. The Kier molecular flexibility index (Phi) is 6.42. The number of rotatable bonds is 7. The number of hydrogen-bond donors (Lipinski definition) is 0. The molecule has 8 nitrogen and oxygen atoms in total. The number of sulfonamides is 1. The van der Waals surface area contributed by atoms with Crippen molar-refractivity contribution in [3.63, 3.8) is 0 Å². The first-order valence-electron chi connectivity index (χ1n) is 9.10. The Morgan fingerprint density at radius 1 is 1.20 bits per heavy atom. The maximum atomic E-state index is 12.9. The maximum absolute atomic E-state index is 12.9. The molecule has 0 bridgehead atoms. The summed E-state index contributed by atoms with van der Waals surface area (Å²) in [7, 11) is -2.02. The largest absolute Gasteiger partial charge is 0.337 e. The van der Waals surface area contributed by atoms with Crippen molar-refractivity contribution in [3.8, 4) is 5.69 Å². The van der Waals surface area contributed by atoms with Gasteiger partial charge < -0.3 is 4.90 Å². The summed E-state index contributed by atoms with van der Waals surface area (Å²) in [5.41, 5.74) is 2.10. The molecule has 158 valence electrons. The summed E-state index contributed by atoms with van der Waals surface area (Å²) in [6.07, 6.45) is 4.12. The highest BCUT2D eigenvalue weighted by molar-refractivity contribution is 7.92. The molecule has 3 aromatic rings. The van der Waals surface area contributed by atoms with Crippen LogP contribution < -0.4 is 4.31 Å². The van der Waals surface area contributed by atoms with Gasteiger partial charge in [0, 0.05) is 12.1 Å². The predicted octanol–water partition coefficient (Wildman–Crippen LogP) is 2.91. The molecule has 0 N–H and O–H groups in total. The fraction of sp³-hybridized carbons (Fsp3) is 0.250. The Hall–Kier alpha value is -2.91. The van der Waals surface area contributed by atoms with Crippen molar-refractivity contribution >= 4 is 33.2 Å². The zero-order valence-electron chi connectivity index (χ0n) is 16.8. The number of carbonyl (C=O) groups excluding carboxylic acids is 1. The summed E-state index contributed by atoms with van der Waals surface area (Å²) >= 11 is 5.99. The van der Waals surface area contributed by atoms with Gasteiger partial charge in [0.25, 0.3) is 0 Å².